The van der Waals surface area contributed by atoms with Gasteiger partial charge in [-0.25, -0.2) is 22.5 Å². The van der Waals surface area contributed by atoms with Gasteiger partial charge < -0.3 is 0 Å². The van der Waals surface area contributed by atoms with Gasteiger partial charge in [-0.15, -0.1) is 5.10 Å². The van der Waals surface area contributed by atoms with E-state index in [1.807, 2.05) is 12.1 Å². The summed E-state index contributed by atoms with van der Waals surface area (Å²) in [5.41, 5.74) is 0.246. The average molecular weight is 435 g/mol. The zero-order chi connectivity index (χ0) is 21.7. The number of hydrogen-bond donors (Lipinski definition) is 0. The van der Waals surface area contributed by atoms with E-state index in [4.69, 9.17) is 0 Å². The van der Waals surface area contributed by atoms with Gasteiger partial charge in [0, 0.05) is 17.9 Å². The normalized spacial score (nSPS) is 12.4. The molecule has 0 radical (unpaired) electrons. The van der Waals surface area contributed by atoms with Crippen LogP contribution in [0.4, 0.5) is 17.6 Å². The second-order valence-corrected chi connectivity index (χ2v) is 8.60. The van der Waals surface area contributed by atoms with E-state index in [2.05, 4.69) is 10.1 Å². The van der Waals surface area contributed by atoms with Gasteiger partial charge in [-0.1, -0.05) is 36.4 Å². The lowest BCUT2D eigenvalue weighted by atomic mass is 10.1. The minimum absolute atomic E-state index is 0.0916. The third-order valence-corrected chi connectivity index (χ3v) is 5.56. The van der Waals surface area contributed by atoms with Crippen LogP contribution in [0.25, 0.3) is 27.8 Å². The predicted octanol–water partition coefficient (Wildman–Crippen LogP) is 4.65. The number of sulfone groups is 1. The lowest BCUT2D eigenvalue weighted by Crippen LogP contribution is -2.09. The number of benzene rings is 3. The van der Waals surface area contributed by atoms with Gasteiger partial charge >= 0.3 is 6.18 Å². The molecule has 1 aromatic heterocycles. The first-order chi connectivity index (χ1) is 14.0. The molecule has 4 rings (SSSR count). The number of hydrogen-bond acceptors (Lipinski definition) is 4. The fourth-order valence-corrected chi connectivity index (χ4v) is 3.78. The van der Waals surface area contributed by atoms with Crippen molar-refractivity contribution in [1.82, 2.24) is 14.8 Å². The maximum Gasteiger partial charge on any atom is 0.453 e. The summed E-state index contributed by atoms with van der Waals surface area (Å²) < 4.78 is 78.3. The minimum Gasteiger partial charge on any atom is -0.224 e. The molecule has 0 aliphatic rings. The van der Waals surface area contributed by atoms with E-state index >= 15 is 0 Å². The van der Waals surface area contributed by atoms with E-state index in [1.165, 1.54) is 6.07 Å². The van der Waals surface area contributed by atoms with Crippen molar-refractivity contribution >= 4 is 20.6 Å². The minimum atomic E-state index is -4.82. The van der Waals surface area contributed by atoms with Gasteiger partial charge in [0.2, 0.25) is 0 Å². The fourth-order valence-electron chi connectivity index (χ4n) is 3.05. The molecule has 4 aromatic rings. The monoisotopic (exact) mass is 435 g/mol. The molecule has 3 aromatic carbocycles. The summed E-state index contributed by atoms with van der Waals surface area (Å²) in [6.45, 7) is 0. The van der Waals surface area contributed by atoms with Crippen molar-refractivity contribution in [3.05, 3.63) is 72.3 Å². The molecular formula is C20H13F4N3O2S. The number of halogens is 4. The van der Waals surface area contributed by atoms with Crippen LogP contribution in [0.2, 0.25) is 0 Å². The standard InChI is InChI=1S/C20H13F4N3O2S/c1-30(28,29)17-9-8-15(11-16(17)21)27-18(25-19(26-27)20(22,23)24)14-7-6-12-4-2-3-5-13(12)10-14/h2-11H,1H3. The molecule has 154 valence electrons. The van der Waals surface area contributed by atoms with Crippen LogP contribution in [0, 0.1) is 5.82 Å². The number of aromatic nitrogens is 3. The number of nitrogens with zero attached hydrogens (tertiary/aromatic N) is 3. The Morgan fingerprint density at radius 3 is 2.27 bits per heavy atom. The molecular weight excluding hydrogens is 422 g/mol. The second-order valence-electron chi connectivity index (χ2n) is 6.62. The highest BCUT2D eigenvalue weighted by Crippen LogP contribution is 2.32. The first-order valence-corrected chi connectivity index (χ1v) is 10.5. The molecule has 1 heterocycles. The van der Waals surface area contributed by atoms with E-state index < -0.39 is 32.6 Å². The van der Waals surface area contributed by atoms with Gasteiger partial charge in [0.25, 0.3) is 5.82 Å². The zero-order valence-corrected chi connectivity index (χ0v) is 16.2. The Kier molecular flexibility index (Phi) is 4.61. The van der Waals surface area contributed by atoms with Crippen LogP contribution in [0.3, 0.4) is 0 Å². The van der Waals surface area contributed by atoms with E-state index in [9.17, 15) is 26.0 Å². The number of alkyl halides is 3. The summed E-state index contributed by atoms with van der Waals surface area (Å²) in [5.74, 6) is -2.64. The molecule has 0 fully saturated rings. The van der Waals surface area contributed by atoms with Gasteiger partial charge in [-0.2, -0.15) is 13.2 Å². The van der Waals surface area contributed by atoms with Crippen LogP contribution in [0.15, 0.2) is 65.6 Å². The van der Waals surface area contributed by atoms with E-state index in [0.29, 0.717) is 5.56 Å². The quantitative estimate of drug-likeness (QED) is 0.440. The van der Waals surface area contributed by atoms with Gasteiger partial charge in [-0.3, -0.25) is 0 Å². The Balaban J connectivity index is 1.93. The molecule has 0 saturated carbocycles. The molecule has 0 saturated heterocycles. The highest BCUT2D eigenvalue weighted by atomic mass is 32.2. The maximum absolute atomic E-state index is 14.4. The molecule has 0 aliphatic carbocycles. The van der Waals surface area contributed by atoms with Crippen LogP contribution in [0.5, 0.6) is 0 Å². The van der Waals surface area contributed by atoms with E-state index in [0.717, 1.165) is 33.8 Å². The van der Waals surface area contributed by atoms with Crippen LogP contribution in [-0.4, -0.2) is 29.4 Å². The molecule has 0 bridgehead atoms. The lowest BCUT2D eigenvalue weighted by molar-refractivity contribution is -0.144. The third kappa shape index (κ3) is 3.65. The van der Waals surface area contributed by atoms with Crippen molar-refractivity contribution in [3.63, 3.8) is 0 Å². The van der Waals surface area contributed by atoms with Crippen molar-refractivity contribution in [2.75, 3.05) is 6.26 Å². The second kappa shape index (κ2) is 6.91. The largest absolute Gasteiger partial charge is 0.453 e. The van der Waals surface area contributed by atoms with Crippen molar-refractivity contribution in [1.29, 1.82) is 0 Å². The maximum atomic E-state index is 14.4. The summed E-state index contributed by atoms with van der Waals surface area (Å²) in [7, 11) is -3.84. The SMILES string of the molecule is CS(=O)(=O)c1ccc(-n2nc(C(F)(F)F)nc2-c2ccc3ccccc3c2)cc1F. The first-order valence-electron chi connectivity index (χ1n) is 8.57. The highest BCUT2D eigenvalue weighted by Gasteiger charge is 2.37. The van der Waals surface area contributed by atoms with Crippen LogP contribution in [-0.2, 0) is 16.0 Å². The average Bonchev–Trinajstić information content (AvgIpc) is 3.12. The van der Waals surface area contributed by atoms with E-state index in [-0.39, 0.29) is 11.5 Å². The first kappa shape index (κ1) is 20.0. The van der Waals surface area contributed by atoms with Crippen LogP contribution < -0.4 is 0 Å². The summed E-state index contributed by atoms with van der Waals surface area (Å²) in [6.07, 6.45) is -3.98. The summed E-state index contributed by atoms with van der Waals surface area (Å²) in [6, 6.07) is 15.2. The molecule has 0 N–H and O–H groups in total. The van der Waals surface area contributed by atoms with Crippen molar-refractivity contribution in [2.45, 2.75) is 11.1 Å². The topological polar surface area (TPSA) is 64.8 Å². The molecule has 5 nitrogen and oxygen atoms in total. The fraction of sp³-hybridized carbons (Fsp3) is 0.100. The Hall–Kier alpha value is -3.27. The van der Waals surface area contributed by atoms with Gasteiger partial charge in [-0.05, 0) is 29.0 Å². The Labute approximate surface area is 168 Å². The Morgan fingerprint density at radius 1 is 0.933 bits per heavy atom. The highest BCUT2D eigenvalue weighted by molar-refractivity contribution is 7.90. The third-order valence-electron chi connectivity index (χ3n) is 4.43. The molecule has 0 unspecified atom stereocenters. The number of fused-ring (bicyclic) bond motifs is 1. The van der Waals surface area contributed by atoms with Crippen molar-refractivity contribution < 1.29 is 26.0 Å². The Bertz CT molecular complexity index is 1380. The van der Waals surface area contributed by atoms with E-state index in [1.54, 1.807) is 30.3 Å². The Morgan fingerprint density at radius 2 is 1.63 bits per heavy atom. The number of rotatable bonds is 3. The summed E-state index contributed by atoms with van der Waals surface area (Å²) in [5, 5.41) is 5.16. The van der Waals surface area contributed by atoms with Crippen LogP contribution in [0.1, 0.15) is 5.82 Å². The molecule has 0 atom stereocenters. The molecule has 0 spiro atoms. The van der Waals surface area contributed by atoms with Gasteiger partial charge in [0.1, 0.15) is 10.7 Å². The zero-order valence-electron chi connectivity index (χ0n) is 15.4. The van der Waals surface area contributed by atoms with Crippen molar-refractivity contribution in [3.8, 4) is 17.1 Å². The predicted molar refractivity (Wildman–Crippen MR) is 102 cm³/mol. The van der Waals surface area contributed by atoms with Gasteiger partial charge in [0.15, 0.2) is 15.7 Å². The van der Waals surface area contributed by atoms with Gasteiger partial charge in [0.05, 0.1) is 5.69 Å². The molecule has 30 heavy (non-hydrogen) atoms. The molecule has 0 aliphatic heterocycles. The molecule has 0 amide bonds. The summed E-state index contributed by atoms with van der Waals surface area (Å²) >= 11 is 0. The molecule has 10 heteroatoms. The smallest absolute Gasteiger partial charge is 0.224 e. The van der Waals surface area contributed by atoms with Crippen molar-refractivity contribution in [2.24, 2.45) is 0 Å². The van der Waals surface area contributed by atoms with Crippen LogP contribution >= 0.6 is 0 Å². The summed E-state index contributed by atoms with van der Waals surface area (Å²) in [4.78, 5) is 3.06. The lowest BCUT2D eigenvalue weighted by Gasteiger charge is -2.09.